The van der Waals surface area contributed by atoms with Gasteiger partial charge in [-0.15, -0.1) is 0 Å². The Labute approximate surface area is 206 Å². The molecule has 2 aliphatic rings. The van der Waals surface area contributed by atoms with Crippen LogP contribution in [0.25, 0.3) is 0 Å². The zero-order valence-electron chi connectivity index (χ0n) is 21.8. The van der Waals surface area contributed by atoms with E-state index in [-0.39, 0.29) is 22.7 Å². The second kappa shape index (κ2) is 14.2. The van der Waals surface area contributed by atoms with Crippen molar-refractivity contribution in [2.45, 2.75) is 71.8 Å². The summed E-state index contributed by atoms with van der Waals surface area (Å²) in [5.41, 5.74) is 2.24. The first kappa shape index (κ1) is 29.8. The van der Waals surface area contributed by atoms with E-state index in [1.165, 1.54) is 43.6 Å². The molecule has 0 radical (unpaired) electrons. The Kier molecular flexibility index (Phi) is 12.5. The van der Waals surface area contributed by atoms with Gasteiger partial charge in [0.15, 0.2) is 21.3 Å². The molecule has 4 rings (SSSR count). The Morgan fingerprint density at radius 3 is 2.15 bits per heavy atom. The highest BCUT2D eigenvalue weighted by atomic mass is 32.2. The maximum atomic E-state index is 11.6. The van der Waals surface area contributed by atoms with Crippen molar-refractivity contribution in [2.75, 3.05) is 19.3 Å². The minimum atomic E-state index is -3.62. The van der Waals surface area contributed by atoms with Crippen LogP contribution in [0.3, 0.4) is 0 Å². The third-order valence-corrected chi connectivity index (χ3v) is 6.82. The number of hydrogen-bond donors (Lipinski definition) is 3. The summed E-state index contributed by atoms with van der Waals surface area (Å²) in [4.78, 5) is -0.317. The lowest BCUT2D eigenvalue weighted by atomic mass is 10.0. The summed E-state index contributed by atoms with van der Waals surface area (Å²) in [6, 6.07) is 10.5. The minimum absolute atomic E-state index is 0.0726. The number of fused-ring (bicyclic) bond motifs is 1. The van der Waals surface area contributed by atoms with Crippen molar-refractivity contribution >= 4 is 9.84 Å². The number of nitrogens with one attached hydrogen (secondary N) is 1. The van der Waals surface area contributed by atoms with Crippen LogP contribution in [0.5, 0.6) is 17.2 Å². The fourth-order valence-electron chi connectivity index (χ4n) is 4.04. The van der Waals surface area contributed by atoms with Crippen LogP contribution < -0.4 is 10.1 Å². The highest BCUT2D eigenvalue weighted by molar-refractivity contribution is 7.90. The van der Waals surface area contributed by atoms with Gasteiger partial charge in [0.25, 0.3) is 0 Å². The number of phenolic OH excluding ortho intramolecular Hbond substituents is 2. The summed E-state index contributed by atoms with van der Waals surface area (Å²) in [5.74, 6) is -0.0193. The van der Waals surface area contributed by atoms with Gasteiger partial charge in [-0.3, -0.25) is 0 Å². The zero-order valence-corrected chi connectivity index (χ0v) is 22.6. The van der Waals surface area contributed by atoms with Gasteiger partial charge in [-0.1, -0.05) is 65.8 Å². The van der Waals surface area contributed by atoms with E-state index in [1.807, 2.05) is 58.9 Å². The van der Waals surface area contributed by atoms with Gasteiger partial charge in [0.05, 0.1) is 0 Å². The second-order valence-electron chi connectivity index (χ2n) is 8.40. The molecule has 0 aromatic heterocycles. The molecule has 1 fully saturated rings. The SMILES string of the molecule is CC.CC.CC1CCCNC1.C[C@@H]1Cc2ccccc2C1Oc1ccc(S(C)(=O)=O)c(O)c1O. The maximum absolute atomic E-state index is 11.6. The van der Waals surface area contributed by atoms with Crippen LogP contribution in [-0.2, 0) is 16.3 Å². The predicted octanol–water partition coefficient (Wildman–Crippen LogP) is 5.87. The molecule has 0 spiro atoms. The lowest BCUT2D eigenvalue weighted by molar-refractivity contribution is 0.152. The molecular weight excluding hydrogens is 450 g/mol. The lowest BCUT2D eigenvalue weighted by Crippen LogP contribution is -2.27. The van der Waals surface area contributed by atoms with Gasteiger partial charge in [0, 0.05) is 12.2 Å². The van der Waals surface area contributed by atoms with Crippen LogP contribution in [0.4, 0.5) is 0 Å². The van der Waals surface area contributed by atoms with Crippen LogP contribution in [0, 0.1) is 11.8 Å². The van der Waals surface area contributed by atoms with Crippen molar-refractivity contribution in [1.82, 2.24) is 5.32 Å². The van der Waals surface area contributed by atoms with E-state index in [1.54, 1.807) is 0 Å². The molecule has 2 aromatic carbocycles. The Morgan fingerprint density at radius 1 is 0.971 bits per heavy atom. The second-order valence-corrected chi connectivity index (χ2v) is 10.4. The molecule has 3 atom stereocenters. The summed E-state index contributed by atoms with van der Waals surface area (Å²) in [6.07, 6.45) is 4.39. The topological polar surface area (TPSA) is 95.9 Å². The van der Waals surface area contributed by atoms with Gasteiger partial charge in [-0.05, 0) is 61.5 Å². The Morgan fingerprint density at radius 2 is 1.62 bits per heavy atom. The Bertz CT molecular complexity index is 985. The molecule has 1 saturated heterocycles. The molecule has 0 saturated carbocycles. The van der Waals surface area contributed by atoms with Gasteiger partial charge < -0.3 is 20.3 Å². The highest BCUT2D eigenvalue weighted by Crippen LogP contribution is 2.45. The molecule has 2 aromatic rings. The molecule has 1 heterocycles. The average molecular weight is 494 g/mol. The molecule has 3 N–H and O–H groups in total. The van der Waals surface area contributed by atoms with E-state index in [0.717, 1.165) is 24.2 Å². The third-order valence-electron chi connectivity index (χ3n) is 5.69. The van der Waals surface area contributed by atoms with E-state index in [0.29, 0.717) is 0 Å². The Balaban J connectivity index is 0.000000441. The third kappa shape index (κ3) is 7.91. The smallest absolute Gasteiger partial charge is 0.201 e. The molecule has 7 heteroatoms. The molecule has 192 valence electrons. The van der Waals surface area contributed by atoms with Crippen LogP contribution in [0.1, 0.15) is 71.6 Å². The van der Waals surface area contributed by atoms with E-state index in [4.69, 9.17) is 4.74 Å². The normalized spacial score (nSPS) is 20.9. The summed E-state index contributed by atoms with van der Waals surface area (Å²) in [7, 11) is -3.62. The van der Waals surface area contributed by atoms with Crippen LogP contribution >= 0.6 is 0 Å². The largest absolute Gasteiger partial charge is 0.503 e. The van der Waals surface area contributed by atoms with Crippen LogP contribution in [-0.4, -0.2) is 38.0 Å². The fraction of sp³-hybridized carbons (Fsp3) is 0.556. The quantitative estimate of drug-likeness (QED) is 0.463. The molecule has 0 bridgehead atoms. The molecule has 1 aliphatic carbocycles. The van der Waals surface area contributed by atoms with Gasteiger partial charge in [-0.25, -0.2) is 8.42 Å². The van der Waals surface area contributed by atoms with Gasteiger partial charge in [0.1, 0.15) is 11.0 Å². The molecule has 6 nitrogen and oxygen atoms in total. The first-order valence-corrected chi connectivity index (χ1v) is 14.3. The number of benzene rings is 2. The average Bonchev–Trinajstić information content (AvgIpc) is 3.14. The van der Waals surface area contributed by atoms with Crippen molar-refractivity contribution < 1.29 is 23.4 Å². The predicted molar refractivity (Wildman–Crippen MR) is 140 cm³/mol. The molecule has 34 heavy (non-hydrogen) atoms. The van der Waals surface area contributed by atoms with E-state index < -0.39 is 21.3 Å². The summed E-state index contributed by atoms with van der Waals surface area (Å²) < 4.78 is 29.0. The van der Waals surface area contributed by atoms with Crippen LogP contribution in [0.15, 0.2) is 41.3 Å². The van der Waals surface area contributed by atoms with Crippen molar-refractivity contribution in [1.29, 1.82) is 0 Å². The number of rotatable bonds is 3. The van der Waals surface area contributed by atoms with E-state index >= 15 is 0 Å². The number of sulfone groups is 1. The van der Waals surface area contributed by atoms with Crippen molar-refractivity contribution in [3.8, 4) is 17.2 Å². The van der Waals surface area contributed by atoms with E-state index in [2.05, 4.69) is 12.2 Å². The first-order chi connectivity index (χ1) is 16.2. The van der Waals surface area contributed by atoms with Crippen molar-refractivity contribution in [3.05, 3.63) is 47.5 Å². The monoisotopic (exact) mass is 493 g/mol. The van der Waals surface area contributed by atoms with Gasteiger partial charge in [-0.2, -0.15) is 0 Å². The summed E-state index contributed by atoms with van der Waals surface area (Å²) in [5, 5.41) is 23.4. The number of hydrogen-bond acceptors (Lipinski definition) is 6. The van der Waals surface area contributed by atoms with E-state index in [9.17, 15) is 18.6 Å². The molecular formula is C27H43NO5S. The standard InChI is InChI=1S/C17H18O5S.C6H13N.2C2H6/c1-10-9-11-5-3-4-6-12(11)17(10)22-13-7-8-14(23(2,20)21)16(19)15(13)18;1-6-3-2-4-7-5-6;2*1-2/h3-8,10,17-19H,9H2,1-2H3;6-7H,2-5H2,1H3;2*1-2H3/t10-,17?;;;/m1.../s1. The molecule has 1 aliphatic heterocycles. The fourth-order valence-corrected chi connectivity index (χ4v) is 4.80. The number of piperidine rings is 1. The summed E-state index contributed by atoms with van der Waals surface area (Å²) >= 11 is 0. The maximum Gasteiger partial charge on any atom is 0.201 e. The number of ether oxygens (including phenoxy) is 1. The number of phenols is 2. The van der Waals surface area contributed by atoms with Gasteiger partial charge >= 0.3 is 0 Å². The Hall–Kier alpha value is -2.25. The van der Waals surface area contributed by atoms with Crippen molar-refractivity contribution in [3.63, 3.8) is 0 Å². The highest BCUT2D eigenvalue weighted by Gasteiger charge is 2.32. The molecule has 0 amide bonds. The van der Waals surface area contributed by atoms with Gasteiger partial charge in [0.2, 0.25) is 5.75 Å². The van der Waals surface area contributed by atoms with Crippen LogP contribution in [0.2, 0.25) is 0 Å². The number of aromatic hydroxyl groups is 2. The molecule has 2 unspecified atom stereocenters. The van der Waals surface area contributed by atoms with Crippen molar-refractivity contribution in [2.24, 2.45) is 11.8 Å². The minimum Gasteiger partial charge on any atom is -0.503 e. The zero-order chi connectivity index (χ0) is 25.9. The lowest BCUT2D eigenvalue weighted by Gasteiger charge is -2.20. The summed E-state index contributed by atoms with van der Waals surface area (Å²) in [6.45, 7) is 14.8. The first-order valence-electron chi connectivity index (χ1n) is 12.4.